The zero-order chi connectivity index (χ0) is 20.6. The van der Waals surface area contributed by atoms with Gasteiger partial charge in [0.25, 0.3) is 5.91 Å². The lowest BCUT2D eigenvalue weighted by atomic mass is 9.99. The third kappa shape index (κ3) is 6.48. The predicted molar refractivity (Wildman–Crippen MR) is 109 cm³/mol. The van der Waals surface area contributed by atoms with Gasteiger partial charge in [0.2, 0.25) is 0 Å². The van der Waals surface area contributed by atoms with Crippen molar-refractivity contribution in [3.63, 3.8) is 0 Å². The van der Waals surface area contributed by atoms with Crippen LogP contribution in [-0.2, 0) is 14.3 Å². The average molecular weight is 400 g/mol. The molecule has 3 rings (SSSR count). The van der Waals surface area contributed by atoms with Gasteiger partial charge in [0.05, 0.1) is 0 Å². The molecule has 6 nitrogen and oxygen atoms in total. The number of hydrogen-bond acceptors (Lipinski definition) is 5. The molecule has 2 aromatic carbocycles. The van der Waals surface area contributed by atoms with Crippen LogP contribution >= 0.6 is 0 Å². The van der Waals surface area contributed by atoms with Crippen LogP contribution in [0, 0.1) is 11.7 Å². The maximum Gasteiger partial charge on any atom is 0.344 e. The van der Waals surface area contributed by atoms with E-state index >= 15 is 0 Å². The molecule has 0 aliphatic carbocycles. The van der Waals surface area contributed by atoms with Gasteiger partial charge in [-0.25, -0.2) is 9.18 Å². The summed E-state index contributed by atoms with van der Waals surface area (Å²) in [5.41, 5.74) is 1.78. The highest BCUT2D eigenvalue weighted by Crippen LogP contribution is 2.24. The number of nitrogens with zero attached hydrogens (tertiary/aromatic N) is 1. The number of carbonyl (C=O) groups excluding carboxylic acids is 2. The monoisotopic (exact) mass is 400 g/mol. The lowest BCUT2D eigenvalue weighted by Crippen LogP contribution is -2.32. The van der Waals surface area contributed by atoms with E-state index < -0.39 is 24.3 Å². The minimum Gasteiger partial charge on any atom is -0.482 e. The Morgan fingerprint density at radius 3 is 2.34 bits per heavy atom. The molecule has 0 spiro atoms. The summed E-state index contributed by atoms with van der Waals surface area (Å²) in [5.74, 6) is -0.390. The predicted octanol–water partition coefficient (Wildman–Crippen LogP) is 3.62. The number of ether oxygens (including phenoxy) is 2. The van der Waals surface area contributed by atoms with E-state index in [-0.39, 0.29) is 6.61 Å². The van der Waals surface area contributed by atoms with E-state index in [1.807, 2.05) is 24.3 Å². The fourth-order valence-corrected chi connectivity index (χ4v) is 3.08. The summed E-state index contributed by atoms with van der Waals surface area (Å²) < 4.78 is 22.9. The third-order valence-corrected chi connectivity index (χ3v) is 4.83. The summed E-state index contributed by atoms with van der Waals surface area (Å²) >= 11 is 0. The van der Waals surface area contributed by atoms with E-state index in [2.05, 4.69) is 17.1 Å². The largest absolute Gasteiger partial charge is 0.482 e. The minimum absolute atomic E-state index is 0.344. The van der Waals surface area contributed by atoms with E-state index in [4.69, 9.17) is 9.47 Å². The van der Waals surface area contributed by atoms with E-state index in [1.54, 1.807) is 0 Å². The van der Waals surface area contributed by atoms with E-state index in [0.29, 0.717) is 11.4 Å². The van der Waals surface area contributed by atoms with Gasteiger partial charge in [0.15, 0.2) is 13.2 Å². The lowest BCUT2D eigenvalue weighted by molar-refractivity contribution is -0.149. The normalized spacial score (nSPS) is 14.3. The quantitative estimate of drug-likeness (QED) is 0.719. The molecule has 2 aromatic rings. The number of piperidine rings is 1. The van der Waals surface area contributed by atoms with Crippen molar-refractivity contribution in [2.75, 3.05) is 36.5 Å². The molecule has 1 heterocycles. The first-order valence-corrected chi connectivity index (χ1v) is 9.68. The fourth-order valence-electron chi connectivity index (χ4n) is 3.08. The van der Waals surface area contributed by atoms with Crippen molar-refractivity contribution in [3.8, 4) is 5.75 Å². The molecule has 1 N–H and O–H groups in total. The van der Waals surface area contributed by atoms with Gasteiger partial charge in [0.1, 0.15) is 11.6 Å². The van der Waals surface area contributed by atoms with Gasteiger partial charge < -0.3 is 19.7 Å². The van der Waals surface area contributed by atoms with Crippen molar-refractivity contribution >= 4 is 23.3 Å². The highest BCUT2D eigenvalue weighted by atomic mass is 19.1. The van der Waals surface area contributed by atoms with Crippen LogP contribution in [0.1, 0.15) is 19.8 Å². The molecule has 1 amide bonds. The molecule has 0 radical (unpaired) electrons. The Morgan fingerprint density at radius 2 is 1.69 bits per heavy atom. The van der Waals surface area contributed by atoms with Crippen LogP contribution in [0.3, 0.4) is 0 Å². The molecule has 1 aliphatic rings. The van der Waals surface area contributed by atoms with Gasteiger partial charge >= 0.3 is 5.97 Å². The molecule has 0 bridgehead atoms. The van der Waals surface area contributed by atoms with Crippen LogP contribution in [0.15, 0.2) is 48.5 Å². The van der Waals surface area contributed by atoms with Crippen molar-refractivity contribution in [1.29, 1.82) is 0 Å². The maximum absolute atomic E-state index is 12.8. The number of benzene rings is 2. The topological polar surface area (TPSA) is 67.9 Å². The van der Waals surface area contributed by atoms with E-state index in [0.717, 1.165) is 24.7 Å². The van der Waals surface area contributed by atoms with Gasteiger partial charge in [0, 0.05) is 24.5 Å². The molecule has 0 saturated carbocycles. The second kappa shape index (κ2) is 9.91. The molecular formula is C22H25FN2O4. The van der Waals surface area contributed by atoms with Crippen molar-refractivity contribution in [2.24, 2.45) is 5.92 Å². The average Bonchev–Trinajstić information content (AvgIpc) is 2.73. The Morgan fingerprint density at radius 1 is 1.03 bits per heavy atom. The number of esters is 1. The lowest BCUT2D eigenvalue weighted by Gasteiger charge is -2.32. The Kier molecular flexibility index (Phi) is 7.05. The molecule has 29 heavy (non-hydrogen) atoms. The molecule has 154 valence electrons. The van der Waals surface area contributed by atoms with Crippen molar-refractivity contribution in [2.45, 2.75) is 19.8 Å². The summed E-state index contributed by atoms with van der Waals surface area (Å²) in [4.78, 5) is 26.0. The summed E-state index contributed by atoms with van der Waals surface area (Å²) in [7, 11) is 0. The number of amides is 1. The maximum atomic E-state index is 12.8. The third-order valence-electron chi connectivity index (χ3n) is 4.83. The summed E-state index contributed by atoms with van der Waals surface area (Å²) in [6.07, 6.45) is 2.38. The zero-order valence-corrected chi connectivity index (χ0v) is 16.4. The number of nitrogens with one attached hydrogen (secondary N) is 1. The SMILES string of the molecule is CC1CCN(c2ccc(NC(=O)COC(=O)COc3ccc(F)cc3)cc2)CC1. The number of hydrogen-bond donors (Lipinski definition) is 1. The second-order valence-electron chi connectivity index (χ2n) is 7.17. The highest BCUT2D eigenvalue weighted by molar-refractivity contribution is 5.93. The zero-order valence-electron chi connectivity index (χ0n) is 16.4. The minimum atomic E-state index is -0.681. The van der Waals surface area contributed by atoms with Crippen LogP contribution in [-0.4, -0.2) is 38.2 Å². The van der Waals surface area contributed by atoms with E-state index in [9.17, 15) is 14.0 Å². The van der Waals surface area contributed by atoms with Crippen molar-refractivity contribution < 1.29 is 23.5 Å². The number of halogens is 1. The smallest absolute Gasteiger partial charge is 0.344 e. The highest BCUT2D eigenvalue weighted by Gasteiger charge is 2.16. The molecule has 0 aromatic heterocycles. The second-order valence-corrected chi connectivity index (χ2v) is 7.17. The van der Waals surface area contributed by atoms with Gasteiger partial charge in [-0.3, -0.25) is 4.79 Å². The van der Waals surface area contributed by atoms with Gasteiger partial charge in [-0.2, -0.15) is 0 Å². The van der Waals surface area contributed by atoms with Gasteiger partial charge in [-0.05, 0) is 67.3 Å². The first-order valence-electron chi connectivity index (χ1n) is 9.68. The van der Waals surface area contributed by atoms with Gasteiger partial charge in [-0.1, -0.05) is 6.92 Å². The molecule has 1 saturated heterocycles. The Labute approximate surface area is 169 Å². The molecular weight excluding hydrogens is 375 g/mol. The number of carbonyl (C=O) groups is 2. The molecule has 1 aliphatic heterocycles. The van der Waals surface area contributed by atoms with Crippen LogP contribution in [0.5, 0.6) is 5.75 Å². The molecule has 0 atom stereocenters. The Hall–Kier alpha value is -3.09. The summed E-state index contributed by atoms with van der Waals surface area (Å²) in [6, 6.07) is 12.9. The number of anilines is 2. The first-order chi connectivity index (χ1) is 14.0. The summed E-state index contributed by atoms with van der Waals surface area (Å²) in [5, 5.41) is 2.70. The standard InChI is InChI=1S/C22H25FN2O4/c1-16-10-12-25(13-11-16)19-6-4-18(5-7-19)24-21(26)14-29-22(27)15-28-20-8-2-17(23)3-9-20/h2-9,16H,10-15H2,1H3,(H,24,26). The van der Waals surface area contributed by atoms with Crippen molar-refractivity contribution in [1.82, 2.24) is 0 Å². The first kappa shape index (κ1) is 20.6. The fraction of sp³-hybridized carbons (Fsp3) is 0.364. The Bertz CT molecular complexity index is 816. The van der Waals surface area contributed by atoms with Crippen LogP contribution in [0.2, 0.25) is 0 Å². The van der Waals surface area contributed by atoms with Gasteiger partial charge in [-0.15, -0.1) is 0 Å². The molecule has 0 unspecified atom stereocenters. The van der Waals surface area contributed by atoms with Crippen LogP contribution in [0.25, 0.3) is 0 Å². The summed E-state index contributed by atoms with van der Waals surface area (Å²) in [6.45, 7) is 3.60. The molecule has 1 fully saturated rings. The Balaban J connectivity index is 1.38. The molecule has 7 heteroatoms. The van der Waals surface area contributed by atoms with Crippen LogP contribution < -0.4 is 15.0 Å². The van der Waals surface area contributed by atoms with Crippen LogP contribution in [0.4, 0.5) is 15.8 Å². The van der Waals surface area contributed by atoms with E-state index in [1.165, 1.54) is 37.1 Å². The number of rotatable bonds is 7. The van der Waals surface area contributed by atoms with Crippen molar-refractivity contribution in [3.05, 3.63) is 54.3 Å².